The van der Waals surface area contributed by atoms with Crippen LogP contribution in [0.25, 0.3) is 0 Å². The highest BCUT2D eigenvalue weighted by molar-refractivity contribution is 7.80. The molecule has 0 radical (unpaired) electrons. The molecule has 3 rings (SSSR count). The summed E-state index contributed by atoms with van der Waals surface area (Å²) in [5, 5.41) is 3.08. The zero-order valence-electron chi connectivity index (χ0n) is 10.4. The van der Waals surface area contributed by atoms with E-state index in [4.69, 9.17) is 27.4 Å². The largest absolute Gasteiger partial charge is 0.454 e. The Kier molecular flexibility index (Phi) is 3.15. The SMILES string of the molecule is NC(=S)c1ccc(Nc2ccc3c(c2)OCO3)cc1F. The highest BCUT2D eigenvalue weighted by atomic mass is 32.1. The second kappa shape index (κ2) is 4.97. The fraction of sp³-hybridized carbons (Fsp3) is 0.0714. The summed E-state index contributed by atoms with van der Waals surface area (Å²) < 4.78 is 24.3. The molecule has 0 saturated carbocycles. The summed E-state index contributed by atoms with van der Waals surface area (Å²) >= 11 is 4.76. The van der Waals surface area contributed by atoms with Crippen LogP contribution in [0, 0.1) is 5.82 Å². The topological polar surface area (TPSA) is 56.5 Å². The van der Waals surface area contributed by atoms with E-state index in [-0.39, 0.29) is 17.3 Å². The number of hydrogen-bond acceptors (Lipinski definition) is 4. The maximum absolute atomic E-state index is 13.8. The van der Waals surface area contributed by atoms with Gasteiger partial charge < -0.3 is 20.5 Å². The lowest BCUT2D eigenvalue weighted by atomic mass is 10.2. The van der Waals surface area contributed by atoms with Crippen LogP contribution in [-0.4, -0.2) is 11.8 Å². The maximum Gasteiger partial charge on any atom is 0.231 e. The van der Waals surface area contributed by atoms with Gasteiger partial charge in [0.05, 0.1) is 0 Å². The van der Waals surface area contributed by atoms with Gasteiger partial charge in [0.1, 0.15) is 10.8 Å². The van der Waals surface area contributed by atoms with Crippen LogP contribution in [0.1, 0.15) is 5.56 Å². The van der Waals surface area contributed by atoms with Gasteiger partial charge in [-0.15, -0.1) is 0 Å². The van der Waals surface area contributed by atoms with Crippen LogP contribution < -0.4 is 20.5 Å². The predicted molar refractivity (Wildman–Crippen MR) is 78.1 cm³/mol. The molecule has 102 valence electrons. The van der Waals surface area contributed by atoms with Crippen molar-refractivity contribution < 1.29 is 13.9 Å². The minimum atomic E-state index is -0.455. The third kappa shape index (κ3) is 2.37. The predicted octanol–water partition coefficient (Wildman–Crippen LogP) is 2.93. The van der Waals surface area contributed by atoms with Crippen LogP contribution >= 0.6 is 12.2 Å². The van der Waals surface area contributed by atoms with Gasteiger partial charge in [0.15, 0.2) is 11.5 Å². The van der Waals surface area contributed by atoms with Crippen molar-refractivity contribution in [3.05, 3.63) is 47.8 Å². The fourth-order valence-corrected chi connectivity index (χ4v) is 2.10. The lowest BCUT2D eigenvalue weighted by molar-refractivity contribution is 0.174. The molecular weight excluding hydrogens is 279 g/mol. The van der Waals surface area contributed by atoms with Crippen molar-refractivity contribution in [3.8, 4) is 11.5 Å². The number of nitrogens with two attached hydrogens (primary N) is 1. The summed E-state index contributed by atoms with van der Waals surface area (Å²) in [6.07, 6.45) is 0. The third-order valence-electron chi connectivity index (χ3n) is 2.90. The second-order valence-corrected chi connectivity index (χ2v) is 4.69. The highest BCUT2D eigenvalue weighted by Crippen LogP contribution is 2.35. The number of benzene rings is 2. The van der Waals surface area contributed by atoms with Crippen LogP contribution in [0.3, 0.4) is 0 Å². The van der Waals surface area contributed by atoms with Gasteiger partial charge in [-0.05, 0) is 30.3 Å². The molecule has 3 N–H and O–H groups in total. The van der Waals surface area contributed by atoms with Gasteiger partial charge in [0.25, 0.3) is 0 Å². The van der Waals surface area contributed by atoms with Gasteiger partial charge in [-0.1, -0.05) is 12.2 Å². The molecule has 0 amide bonds. The van der Waals surface area contributed by atoms with Crippen LogP contribution in [0.2, 0.25) is 0 Å². The standard InChI is InChI=1S/C14H11FN2O2S/c15-11-5-8(1-3-10(11)14(16)20)17-9-2-4-12-13(6-9)19-7-18-12/h1-6,17H,7H2,(H2,16,20). The molecule has 0 saturated heterocycles. The Labute approximate surface area is 120 Å². The van der Waals surface area contributed by atoms with E-state index >= 15 is 0 Å². The molecule has 1 aliphatic rings. The van der Waals surface area contributed by atoms with Crippen molar-refractivity contribution >= 4 is 28.6 Å². The zero-order valence-corrected chi connectivity index (χ0v) is 11.2. The summed E-state index contributed by atoms with van der Waals surface area (Å²) in [4.78, 5) is 0.0390. The van der Waals surface area contributed by atoms with Gasteiger partial charge in [0.2, 0.25) is 6.79 Å². The smallest absolute Gasteiger partial charge is 0.231 e. The van der Waals surface area contributed by atoms with E-state index in [2.05, 4.69) is 5.32 Å². The number of halogens is 1. The molecule has 0 bridgehead atoms. The first kappa shape index (κ1) is 12.7. The zero-order chi connectivity index (χ0) is 14.1. The Morgan fingerprint density at radius 2 is 1.80 bits per heavy atom. The van der Waals surface area contributed by atoms with Crippen LogP contribution in [-0.2, 0) is 0 Å². The molecule has 0 fully saturated rings. The van der Waals surface area contributed by atoms with E-state index in [1.165, 1.54) is 6.07 Å². The van der Waals surface area contributed by atoms with Gasteiger partial charge in [-0.2, -0.15) is 0 Å². The van der Waals surface area contributed by atoms with E-state index in [0.29, 0.717) is 17.2 Å². The number of fused-ring (bicyclic) bond motifs is 1. The normalized spacial score (nSPS) is 12.2. The summed E-state index contributed by atoms with van der Waals surface area (Å²) in [5.74, 6) is 0.907. The maximum atomic E-state index is 13.8. The molecule has 6 heteroatoms. The highest BCUT2D eigenvalue weighted by Gasteiger charge is 2.13. The summed E-state index contributed by atoms with van der Waals surface area (Å²) in [7, 11) is 0. The average molecular weight is 290 g/mol. The molecule has 1 aliphatic heterocycles. The Hall–Kier alpha value is -2.34. The number of rotatable bonds is 3. The Morgan fingerprint density at radius 1 is 1.10 bits per heavy atom. The molecule has 1 heterocycles. The molecule has 0 aromatic heterocycles. The average Bonchev–Trinajstić information content (AvgIpc) is 2.85. The van der Waals surface area contributed by atoms with Crippen LogP contribution in [0.4, 0.5) is 15.8 Å². The van der Waals surface area contributed by atoms with Crippen LogP contribution in [0.15, 0.2) is 36.4 Å². The number of hydrogen-bond donors (Lipinski definition) is 2. The van der Waals surface area contributed by atoms with Crippen molar-refractivity contribution in [2.45, 2.75) is 0 Å². The Morgan fingerprint density at radius 3 is 2.55 bits per heavy atom. The van der Waals surface area contributed by atoms with Crippen LogP contribution in [0.5, 0.6) is 11.5 Å². The van der Waals surface area contributed by atoms with Crippen molar-refractivity contribution in [2.24, 2.45) is 5.73 Å². The lowest BCUT2D eigenvalue weighted by Crippen LogP contribution is -2.11. The van der Waals surface area contributed by atoms with Gasteiger partial charge in [-0.3, -0.25) is 0 Å². The Bertz CT molecular complexity index is 691. The van der Waals surface area contributed by atoms with Gasteiger partial charge >= 0.3 is 0 Å². The molecular formula is C14H11FN2O2S. The minimum Gasteiger partial charge on any atom is -0.454 e. The molecule has 20 heavy (non-hydrogen) atoms. The van der Waals surface area contributed by atoms with Crippen molar-refractivity contribution in [1.29, 1.82) is 0 Å². The quantitative estimate of drug-likeness (QED) is 0.851. The number of thiocarbonyl (C=S) groups is 1. The summed E-state index contributed by atoms with van der Waals surface area (Å²) in [5.41, 5.74) is 7.03. The van der Waals surface area contributed by atoms with E-state index < -0.39 is 5.82 Å². The first-order valence-electron chi connectivity index (χ1n) is 5.89. The van der Waals surface area contributed by atoms with Crippen molar-refractivity contribution in [3.63, 3.8) is 0 Å². The number of anilines is 2. The van der Waals surface area contributed by atoms with Gasteiger partial charge in [0, 0.05) is 23.0 Å². The fourth-order valence-electron chi connectivity index (χ4n) is 1.93. The monoisotopic (exact) mass is 290 g/mol. The molecule has 2 aromatic rings. The third-order valence-corrected chi connectivity index (χ3v) is 3.12. The minimum absolute atomic E-state index is 0.0390. The number of ether oxygens (including phenoxy) is 2. The Balaban J connectivity index is 1.84. The molecule has 2 aromatic carbocycles. The van der Waals surface area contributed by atoms with Crippen molar-refractivity contribution in [1.82, 2.24) is 0 Å². The second-order valence-electron chi connectivity index (χ2n) is 4.25. The van der Waals surface area contributed by atoms with E-state index in [0.717, 1.165) is 5.69 Å². The van der Waals surface area contributed by atoms with Gasteiger partial charge in [-0.25, -0.2) is 4.39 Å². The molecule has 0 spiro atoms. The molecule has 4 nitrogen and oxygen atoms in total. The summed E-state index contributed by atoms with van der Waals surface area (Å²) in [6, 6.07) is 10.0. The first-order valence-corrected chi connectivity index (χ1v) is 6.30. The first-order chi connectivity index (χ1) is 9.63. The van der Waals surface area contributed by atoms with E-state index in [9.17, 15) is 4.39 Å². The molecule has 0 aliphatic carbocycles. The van der Waals surface area contributed by atoms with E-state index in [1.807, 2.05) is 6.07 Å². The number of nitrogens with one attached hydrogen (secondary N) is 1. The molecule has 0 atom stereocenters. The van der Waals surface area contributed by atoms with E-state index in [1.54, 1.807) is 24.3 Å². The summed E-state index contributed by atoms with van der Waals surface area (Å²) in [6.45, 7) is 0.218. The van der Waals surface area contributed by atoms with Crippen molar-refractivity contribution in [2.75, 3.05) is 12.1 Å². The molecule has 0 unspecified atom stereocenters. The lowest BCUT2D eigenvalue weighted by Gasteiger charge is -2.09.